The molecule has 4 nitrogen and oxygen atoms in total. The number of nitrogens with two attached hydrogens (primary N) is 1. The van der Waals surface area contributed by atoms with E-state index in [2.05, 4.69) is 21.1 Å². The molecule has 0 spiro atoms. The molecule has 0 aliphatic rings. The van der Waals surface area contributed by atoms with Gasteiger partial charge in [-0.15, -0.1) is 0 Å². The molecule has 1 aromatic heterocycles. The second-order valence-corrected chi connectivity index (χ2v) is 4.41. The monoisotopic (exact) mass is 302 g/mol. The SMILES string of the molecule is COc1c(Cl)cc(Br)cc1-c1cc(N)no1. The molecule has 0 aliphatic heterocycles. The zero-order valence-corrected chi connectivity index (χ0v) is 10.7. The minimum Gasteiger partial charge on any atom is -0.494 e. The summed E-state index contributed by atoms with van der Waals surface area (Å²) in [5, 5.41) is 4.10. The molecule has 2 rings (SSSR count). The van der Waals surface area contributed by atoms with Crippen molar-refractivity contribution in [2.45, 2.75) is 0 Å². The molecule has 6 heteroatoms. The Morgan fingerprint density at radius 3 is 2.75 bits per heavy atom. The summed E-state index contributed by atoms with van der Waals surface area (Å²) in [6.45, 7) is 0. The van der Waals surface area contributed by atoms with E-state index in [-0.39, 0.29) is 0 Å². The van der Waals surface area contributed by atoms with Crippen LogP contribution < -0.4 is 10.5 Å². The van der Waals surface area contributed by atoms with Crippen molar-refractivity contribution in [3.05, 3.63) is 27.7 Å². The smallest absolute Gasteiger partial charge is 0.172 e. The number of halogens is 2. The number of ether oxygens (including phenoxy) is 1. The molecule has 2 N–H and O–H groups in total. The summed E-state index contributed by atoms with van der Waals surface area (Å²) >= 11 is 9.39. The molecule has 0 aliphatic carbocycles. The maximum absolute atomic E-state index is 6.04. The van der Waals surface area contributed by atoms with E-state index >= 15 is 0 Å². The largest absolute Gasteiger partial charge is 0.494 e. The van der Waals surface area contributed by atoms with Crippen molar-refractivity contribution in [3.63, 3.8) is 0 Å². The maximum atomic E-state index is 6.04. The highest BCUT2D eigenvalue weighted by molar-refractivity contribution is 9.10. The Morgan fingerprint density at radius 1 is 1.44 bits per heavy atom. The molecule has 0 saturated heterocycles. The number of nitrogens with zero attached hydrogens (tertiary/aromatic N) is 1. The number of methoxy groups -OCH3 is 1. The molecule has 0 atom stereocenters. The Morgan fingerprint density at radius 2 is 2.19 bits per heavy atom. The van der Waals surface area contributed by atoms with Crippen molar-refractivity contribution in [1.82, 2.24) is 5.16 Å². The molecule has 0 bridgehead atoms. The first-order valence-corrected chi connectivity index (χ1v) is 5.54. The molecule has 1 heterocycles. The van der Waals surface area contributed by atoms with E-state index in [4.69, 9.17) is 26.6 Å². The van der Waals surface area contributed by atoms with Crippen LogP contribution in [-0.2, 0) is 0 Å². The van der Waals surface area contributed by atoms with E-state index in [1.165, 1.54) is 0 Å². The lowest BCUT2D eigenvalue weighted by Gasteiger charge is -2.08. The first-order valence-electron chi connectivity index (χ1n) is 4.37. The highest BCUT2D eigenvalue weighted by Gasteiger charge is 2.15. The Balaban J connectivity index is 2.63. The van der Waals surface area contributed by atoms with Crippen LogP contribution in [0, 0.1) is 0 Å². The van der Waals surface area contributed by atoms with Gasteiger partial charge in [0.2, 0.25) is 0 Å². The fourth-order valence-corrected chi connectivity index (χ4v) is 2.25. The fraction of sp³-hybridized carbons (Fsp3) is 0.100. The van der Waals surface area contributed by atoms with Gasteiger partial charge in [-0.05, 0) is 12.1 Å². The summed E-state index contributed by atoms with van der Waals surface area (Å²) in [5.41, 5.74) is 6.19. The van der Waals surface area contributed by atoms with Crippen LogP contribution in [0.4, 0.5) is 5.82 Å². The summed E-state index contributed by atoms with van der Waals surface area (Å²) in [6.07, 6.45) is 0. The van der Waals surface area contributed by atoms with Gasteiger partial charge in [0.1, 0.15) is 5.75 Å². The second kappa shape index (κ2) is 4.35. The fourth-order valence-electron chi connectivity index (χ4n) is 1.37. The maximum Gasteiger partial charge on any atom is 0.172 e. The minimum atomic E-state index is 0.313. The van der Waals surface area contributed by atoms with E-state index < -0.39 is 0 Å². The summed E-state index contributed by atoms with van der Waals surface area (Å²) in [5.74, 6) is 1.35. The van der Waals surface area contributed by atoms with Gasteiger partial charge >= 0.3 is 0 Å². The van der Waals surface area contributed by atoms with Gasteiger partial charge in [-0.3, -0.25) is 0 Å². The predicted octanol–water partition coefficient (Wildman–Crippen LogP) is 3.35. The molecule has 0 fully saturated rings. The van der Waals surface area contributed by atoms with Gasteiger partial charge < -0.3 is 15.0 Å². The standard InChI is InChI=1S/C10H8BrClN2O2/c1-15-10-6(2-5(11)3-7(10)12)8-4-9(13)14-16-8/h2-4H,1H3,(H2,13,14). The van der Waals surface area contributed by atoms with Gasteiger partial charge in [-0.1, -0.05) is 32.7 Å². The van der Waals surface area contributed by atoms with Gasteiger partial charge in [-0.2, -0.15) is 0 Å². The Labute approximate surface area is 105 Å². The summed E-state index contributed by atoms with van der Waals surface area (Å²) in [6, 6.07) is 5.18. The van der Waals surface area contributed by atoms with Crippen LogP contribution >= 0.6 is 27.5 Å². The molecule has 1 aromatic carbocycles. The Hall–Kier alpha value is -1.20. The molecule has 0 radical (unpaired) electrons. The van der Waals surface area contributed by atoms with Crippen molar-refractivity contribution in [3.8, 4) is 17.1 Å². The Bertz CT molecular complexity index is 528. The second-order valence-electron chi connectivity index (χ2n) is 3.08. The molecule has 0 saturated carbocycles. The zero-order chi connectivity index (χ0) is 11.7. The zero-order valence-electron chi connectivity index (χ0n) is 8.33. The van der Waals surface area contributed by atoms with Gasteiger partial charge in [0.25, 0.3) is 0 Å². The van der Waals surface area contributed by atoms with Gasteiger partial charge in [-0.25, -0.2) is 0 Å². The molecule has 0 amide bonds. The third-order valence-corrected chi connectivity index (χ3v) is 2.74. The van der Waals surface area contributed by atoms with Crippen LogP contribution in [0.1, 0.15) is 0 Å². The average molecular weight is 304 g/mol. The number of aromatic nitrogens is 1. The lowest BCUT2D eigenvalue weighted by atomic mass is 10.1. The van der Waals surface area contributed by atoms with Crippen molar-refractivity contribution >= 4 is 33.3 Å². The normalized spacial score (nSPS) is 10.4. The van der Waals surface area contributed by atoms with Crippen molar-refractivity contribution in [2.24, 2.45) is 0 Å². The first-order chi connectivity index (χ1) is 7.61. The number of rotatable bonds is 2. The highest BCUT2D eigenvalue weighted by Crippen LogP contribution is 2.39. The summed E-state index contributed by atoms with van der Waals surface area (Å²) in [4.78, 5) is 0. The van der Waals surface area contributed by atoms with Crippen LogP contribution in [0.25, 0.3) is 11.3 Å². The van der Waals surface area contributed by atoms with E-state index in [1.54, 1.807) is 19.2 Å². The van der Waals surface area contributed by atoms with Crippen LogP contribution in [-0.4, -0.2) is 12.3 Å². The van der Waals surface area contributed by atoms with Gasteiger partial charge in [0.15, 0.2) is 11.6 Å². The number of benzene rings is 1. The first kappa shape index (κ1) is 11.3. The lowest BCUT2D eigenvalue weighted by molar-refractivity contribution is 0.407. The van der Waals surface area contributed by atoms with Crippen LogP contribution in [0.15, 0.2) is 27.2 Å². The number of hydrogen-bond acceptors (Lipinski definition) is 4. The van der Waals surface area contributed by atoms with Gasteiger partial charge in [0.05, 0.1) is 17.7 Å². The molecule has 16 heavy (non-hydrogen) atoms. The number of anilines is 1. The van der Waals surface area contributed by atoms with E-state index in [0.29, 0.717) is 27.9 Å². The molecular formula is C10H8BrClN2O2. The van der Waals surface area contributed by atoms with Gasteiger partial charge in [0, 0.05) is 10.5 Å². The average Bonchev–Trinajstić information content (AvgIpc) is 2.63. The lowest BCUT2D eigenvalue weighted by Crippen LogP contribution is -1.88. The third kappa shape index (κ3) is 2.01. The quantitative estimate of drug-likeness (QED) is 0.924. The minimum absolute atomic E-state index is 0.313. The van der Waals surface area contributed by atoms with E-state index in [1.807, 2.05) is 6.07 Å². The molecule has 0 unspecified atom stereocenters. The third-order valence-electron chi connectivity index (χ3n) is 2.01. The van der Waals surface area contributed by atoms with Crippen LogP contribution in [0.5, 0.6) is 5.75 Å². The molecule has 84 valence electrons. The van der Waals surface area contributed by atoms with E-state index in [0.717, 1.165) is 4.47 Å². The van der Waals surface area contributed by atoms with Crippen LogP contribution in [0.3, 0.4) is 0 Å². The predicted molar refractivity (Wildman–Crippen MR) is 65.6 cm³/mol. The van der Waals surface area contributed by atoms with Crippen molar-refractivity contribution in [2.75, 3.05) is 12.8 Å². The number of nitrogen functional groups attached to an aromatic ring is 1. The summed E-state index contributed by atoms with van der Waals surface area (Å²) in [7, 11) is 1.54. The molecular weight excluding hydrogens is 295 g/mol. The van der Waals surface area contributed by atoms with Crippen molar-refractivity contribution < 1.29 is 9.26 Å². The molecule has 2 aromatic rings. The van der Waals surface area contributed by atoms with Crippen molar-refractivity contribution in [1.29, 1.82) is 0 Å². The number of hydrogen-bond donors (Lipinski definition) is 1. The van der Waals surface area contributed by atoms with Crippen LogP contribution in [0.2, 0.25) is 5.02 Å². The summed E-state index contributed by atoms with van der Waals surface area (Å²) < 4.78 is 11.1. The van der Waals surface area contributed by atoms with E-state index in [9.17, 15) is 0 Å². The topological polar surface area (TPSA) is 61.3 Å². The highest BCUT2D eigenvalue weighted by atomic mass is 79.9. The Kier molecular flexibility index (Phi) is 3.07.